The van der Waals surface area contributed by atoms with Gasteiger partial charge in [0.15, 0.2) is 5.13 Å². The fraction of sp³-hybridized carbons (Fsp3) is 0.424. The van der Waals surface area contributed by atoms with Gasteiger partial charge >= 0.3 is 5.97 Å². The third kappa shape index (κ3) is 9.76. The first-order chi connectivity index (χ1) is 20.7. The molecule has 1 amide bonds. The van der Waals surface area contributed by atoms with Crippen LogP contribution in [0.15, 0.2) is 41.3 Å². The summed E-state index contributed by atoms with van der Waals surface area (Å²) < 4.78 is 50.3. The first-order valence-corrected chi connectivity index (χ1v) is 15.5. The van der Waals surface area contributed by atoms with Gasteiger partial charge < -0.3 is 9.84 Å². The summed E-state index contributed by atoms with van der Waals surface area (Å²) in [4.78, 5) is 28.0. The van der Waals surface area contributed by atoms with Crippen LogP contribution >= 0.6 is 11.3 Å². The summed E-state index contributed by atoms with van der Waals surface area (Å²) in [7, 11) is 1.57. The number of unbranched alkanes of at least 4 members (excludes halogenated alkanes) is 8. The lowest BCUT2D eigenvalue weighted by Gasteiger charge is -2.17. The minimum atomic E-state index is -1.32. The highest BCUT2D eigenvalue weighted by Gasteiger charge is 2.21. The molecule has 0 bridgehead atoms. The lowest BCUT2D eigenvalue weighted by Crippen LogP contribution is -2.13. The Morgan fingerprint density at radius 2 is 1.65 bits per heavy atom. The van der Waals surface area contributed by atoms with Gasteiger partial charge in [-0.15, -0.1) is 11.3 Å². The molecule has 43 heavy (non-hydrogen) atoms. The van der Waals surface area contributed by atoms with Gasteiger partial charge in [0.05, 0.1) is 11.8 Å². The van der Waals surface area contributed by atoms with Gasteiger partial charge in [-0.25, -0.2) is 22.9 Å². The van der Waals surface area contributed by atoms with E-state index in [0.29, 0.717) is 17.7 Å². The SMILES string of the molecule is CCCCCCCCCCCC(OC)c1cccc(-c2csc(NC(=O)c3cc(F)c(C=C(C)C(=O)O)c(F)c3)n2)c1F. The maximum atomic E-state index is 15.6. The van der Waals surface area contributed by atoms with Gasteiger partial charge in [-0.3, -0.25) is 10.1 Å². The number of carboxylic acids is 1. The monoisotopic (exact) mass is 616 g/mol. The second kappa shape index (κ2) is 17.0. The fourth-order valence-electron chi connectivity index (χ4n) is 4.79. The van der Waals surface area contributed by atoms with Crippen LogP contribution in [0.1, 0.15) is 106 Å². The van der Waals surface area contributed by atoms with E-state index >= 15 is 4.39 Å². The molecule has 0 saturated heterocycles. The van der Waals surface area contributed by atoms with Crippen LogP contribution in [-0.2, 0) is 9.53 Å². The lowest BCUT2D eigenvalue weighted by molar-refractivity contribution is -0.132. The minimum Gasteiger partial charge on any atom is -0.478 e. The molecule has 0 fully saturated rings. The third-order valence-electron chi connectivity index (χ3n) is 7.27. The minimum absolute atomic E-state index is 0.120. The smallest absolute Gasteiger partial charge is 0.331 e. The first kappa shape index (κ1) is 34.0. The molecule has 2 N–H and O–H groups in total. The van der Waals surface area contributed by atoms with Crippen molar-refractivity contribution in [2.45, 2.75) is 84.2 Å². The maximum absolute atomic E-state index is 15.6. The zero-order valence-corrected chi connectivity index (χ0v) is 25.7. The number of hydrogen-bond acceptors (Lipinski definition) is 5. The van der Waals surface area contributed by atoms with Crippen molar-refractivity contribution in [1.29, 1.82) is 0 Å². The molecular weight excluding hydrogens is 577 g/mol. The van der Waals surface area contributed by atoms with Crippen LogP contribution in [0.3, 0.4) is 0 Å². The van der Waals surface area contributed by atoms with Gasteiger partial charge in [0.25, 0.3) is 5.91 Å². The van der Waals surface area contributed by atoms with Crippen LogP contribution in [0.25, 0.3) is 17.3 Å². The van der Waals surface area contributed by atoms with Crippen molar-refractivity contribution in [1.82, 2.24) is 4.98 Å². The number of ether oxygens (including phenoxy) is 1. The number of aliphatic carboxylic acids is 1. The molecule has 0 saturated carbocycles. The molecule has 0 radical (unpaired) electrons. The van der Waals surface area contributed by atoms with Crippen molar-refractivity contribution in [2.75, 3.05) is 12.4 Å². The van der Waals surface area contributed by atoms with E-state index in [0.717, 1.165) is 48.8 Å². The van der Waals surface area contributed by atoms with E-state index in [-0.39, 0.29) is 21.8 Å². The number of methoxy groups -OCH3 is 1. The van der Waals surface area contributed by atoms with Crippen molar-refractivity contribution in [3.8, 4) is 11.3 Å². The van der Waals surface area contributed by atoms with Gasteiger partial charge in [-0.1, -0.05) is 76.8 Å². The van der Waals surface area contributed by atoms with E-state index in [1.165, 1.54) is 45.4 Å². The Bertz CT molecular complexity index is 1400. The summed E-state index contributed by atoms with van der Waals surface area (Å²) in [6.07, 6.45) is 11.9. The Labute approximate surface area is 255 Å². The number of amides is 1. The van der Waals surface area contributed by atoms with Crippen LogP contribution in [0.2, 0.25) is 0 Å². The van der Waals surface area contributed by atoms with Crippen LogP contribution in [0.5, 0.6) is 0 Å². The molecule has 1 atom stereocenters. The molecule has 232 valence electrons. The maximum Gasteiger partial charge on any atom is 0.331 e. The Balaban J connectivity index is 1.64. The fourth-order valence-corrected chi connectivity index (χ4v) is 5.50. The Morgan fingerprint density at radius 3 is 2.26 bits per heavy atom. The van der Waals surface area contributed by atoms with E-state index < -0.39 is 41.0 Å². The van der Waals surface area contributed by atoms with E-state index in [1.54, 1.807) is 30.7 Å². The summed E-state index contributed by atoms with van der Waals surface area (Å²) >= 11 is 1.04. The summed E-state index contributed by atoms with van der Waals surface area (Å²) in [5, 5.41) is 13.2. The topological polar surface area (TPSA) is 88.5 Å². The van der Waals surface area contributed by atoms with Gasteiger partial charge in [0.1, 0.15) is 17.5 Å². The standard InChI is InChI=1S/C33H39F3N2O4S/c1-4-5-6-7-8-9-10-11-12-16-29(42-3)24-15-13-14-23(30(24)36)28-20-43-33(37-28)38-31(39)22-18-26(34)25(27(35)19-22)17-21(2)32(40)41/h13-15,17-20,29H,4-12,16H2,1-3H3,(H,40,41)(H,37,38,39). The molecule has 6 nitrogen and oxygen atoms in total. The number of carbonyl (C=O) groups is 2. The summed E-state index contributed by atoms with van der Waals surface area (Å²) in [6, 6.07) is 6.67. The van der Waals surface area contributed by atoms with Crippen molar-refractivity contribution < 1.29 is 32.6 Å². The number of aromatic nitrogens is 1. The molecule has 0 aliphatic heterocycles. The summed E-state index contributed by atoms with van der Waals surface area (Å²) in [6.45, 7) is 3.41. The van der Waals surface area contributed by atoms with Crippen LogP contribution < -0.4 is 5.32 Å². The molecule has 1 heterocycles. The van der Waals surface area contributed by atoms with Crippen molar-refractivity contribution in [3.63, 3.8) is 0 Å². The molecule has 3 rings (SSSR count). The Morgan fingerprint density at radius 1 is 1.02 bits per heavy atom. The van der Waals surface area contributed by atoms with Crippen molar-refractivity contribution >= 4 is 34.4 Å². The quantitative estimate of drug-likeness (QED) is 0.116. The van der Waals surface area contributed by atoms with E-state index in [4.69, 9.17) is 9.84 Å². The number of benzene rings is 2. The predicted octanol–water partition coefficient (Wildman–Crippen LogP) is 9.58. The molecule has 0 spiro atoms. The van der Waals surface area contributed by atoms with E-state index in [1.807, 2.05) is 0 Å². The number of halogens is 3. The zero-order valence-electron chi connectivity index (χ0n) is 24.9. The number of nitrogens with one attached hydrogen (secondary N) is 1. The molecule has 2 aromatic carbocycles. The molecule has 10 heteroatoms. The van der Waals surface area contributed by atoms with Gasteiger partial charge in [0.2, 0.25) is 0 Å². The number of carbonyl (C=O) groups excluding carboxylic acids is 1. The number of hydrogen-bond donors (Lipinski definition) is 2. The largest absolute Gasteiger partial charge is 0.478 e. The highest BCUT2D eigenvalue weighted by Crippen LogP contribution is 2.33. The van der Waals surface area contributed by atoms with Gasteiger partial charge in [-0.05, 0) is 37.6 Å². The lowest BCUT2D eigenvalue weighted by atomic mass is 9.98. The molecule has 0 aliphatic rings. The number of rotatable bonds is 17. The van der Waals surface area contributed by atoms with Gasteiger partial charge in [-0.2, -0.15) is 0 Å². The van der Waals surface area contributed by atoms with Crippen molar-refractivity contribution in [2.24, 2.45) is 0 Å². The second-order valence-corrected chi connectivity index (χ2v) is 11.4. The Hall–Kier alpha value is -3.50. The third-order valence-corrected chi connectivity index (χ3v) is 8.03. The molecule has 3 aromatic rings. The predicted molar refractivity (Wildman–Crippen MR) is 165 cm³/mol. The summed E-state index contributed by atoms with van der Waals surface area (Å²) in [5.74, 6) is -4.76. The number of carboxylic acid groups (broad SMARTS) is 1. The normalized spacial score (nSPS) is 12.4. The number of nitrogens with zero attached hydrogens (tertiary/aromatic N) is 1. The van der Waals surface area contributed by atoms with E-state index in [2.05, 4.69) is 17.2 Å². The van der Waals surface area contributed by atoms with Crippen LogP contribution in [-0.4, -0.2) is 29.1 Å². The Kier molecular flexibility index (Phi) is 13.4. The van der Waals surface area contributed by atoms with E-state index in [9.17, 15) is 18.4 Å². The van der Waals surface area contributed by atoms with Crippen molar-refractivity contribution in [3.05, 3.63) is 75.4 Å². The highest BCUT2D eigenvalue weighted by molar-refractivity contribution is 7.14. The van der Waals surface area contributed by atoms with Crippen LogP contribution in [0.4, 0.5) is 18.3 Å². The van der Waals surface area contributed by atoms with Gasteiger partial charge in [0, 0.05) is 40.3 Å². The second-order valence-electron chi connectivity index (χ2n) is 10.5. The highest BCUT2D eigenvalue weighted by atomic mass is 32.1. The molecule has 1 aromatic heterocycles. The first-order valence-electron chi connectivity index (χ1n) is 14.6. The average Bonchev–Trinajstić information content (AvgIpc) is 3.44. The average molecular weight is 617 g/mol. The van der Waals surface area contributed by atoms with Crippen LogP contribution in [0, 0.1) is 17.5 Å². The molecular formula is C33H39F3N2O4S. The zero-order chi connectivity index (χ0) is 31.4. The summed E-state index contributed by atoms with van der Waals surface area (Å²) in [5.41, 5.74) is -0.136. The number of thiazole rings is 1. The molecule has 0 aliphatic carbocycles. The molecule has 1 unspecified atom stereocenters. The number of anilines is 1.